The summed E-state index contributed by atoms with van der Waals surface area (Å²) in [6.45, 7) is 8.10. The lowest BCUT2D eigenvalue weighted by Gasteiger charge is -2.43. The molecule has 2 N–H and O–H groups in total. The quantitative estimate of drug-likeness (QED) is 0.560. The van der Waals surface area contributed by atoms with Crippen LogP contribution in [0.15, 0.2) is 0 Å². The highest BCUT2D eigenvalue weighted by Gasteiger charge is 2.42. The molecule has 0 bridgehead atoms. The minimum absolute atomic E-state index is 0.0237. The highest BCUT2D eigenvalue weighted by molar-refractivity contribution is 4.90. The molecule has 4 unspecified atom stereocenters. The van der Waals surface area contributed by atoms with Gasteiger partial charge in [0.1, 0.15) is 6.10 Å². The fraction of sp³-hybridized carbons (Fsp3) is 1.00. The lowest BCUT2D eigenvalue weighted by Crippen LogP contribution is -2.44. The van der Waals surface area contributed by atoms with E-state index in [0.29, 0.717) is 0 Å². The molecule has 1 aliphatic carbocycles. The van der Waals surface area contributed by atoms with Crippen LogP contribution in [0.5, 0.6) is 0 Å². The molecular weight excluding hydrogens is 232 g/mol. The van der Waals surface area contributed by atoms with Gasteiger partial charge in [-0.3, -0.25) is 10.5 Å². The Bertz CT molecular complexity index is 238. The Morgan fingerprint density at radius 1 is 0.889 bits per heavy atom. The molecule has 4 nitrogen and oxygen atoms in total. The Kier molecular flexibility index (Phi) is 6.05. The summed E-state index contributed by atoms with van der Waals surface area (Å²) in [5, 5.41) is 18.1. The predicted octanol–water partition coefficient (Wildman–Crippen LogP) is 3.97. The minimum Gasteiger partial charge on any atom is -0.252 e. The largest absolute Gasteiger partial charge is 0.252 e. The van der Waals surface area contributed by atoms with Gasteiger partial charge < -0.3 is 0 Å². The predicted molar refractivity (Wildman–Crippen MR) is 70.2 cm³/mol. The third-order valence-corrected chi connectivity index (χ3v) is 5.01. The molecule has 0 aromatic rings. The van der Waals surface area contributed by atoms with E-state index < -0.39 is 0 Å². The van der Waals surface area contributed by atoms with Gasteiger partial charge in [-0.1, -0.05) is 40.0 Å². The monoisotopic (exact) mass is 260 g/mol. The van der Waals surface area contributed by atoms with Crippen LogP contribution in [0.4, 0.5) is 0 Å². The van der Waals surface area contributed by atoms with E-state index in [2.05, 4.69) is 18.7 Å². The molecule has 0 amide bonds. The van der Waals surface area contributed by atoms with Crippen LogP contribution in [0.1, 0.15) is 59.8 Å². The van der Waals surface area contributed by atoms with Crippen LogP contribution < -0.4 is 0 Å². The fourth-order valence-corrected chi connectivity index (χ4v) is 3.30. The molecule has 18 heavy (non-hydrogen) atoms. The first kappa shape index (κ1) is 15.9. The third-order valence-electron chi connectivity index (χ3n) is 5.01. The molecule has 0 aromatic carbocycles. The van der Waals surface area contributed by atoms with E-state index >= 15 is 0 Å². The second-order valence-electron chi connectivity index (χ2n) is 6.27. The summed E-state index contributed by atoms with van der Waals surface area (Å²) in [7, 11) is 0. The molecule has 108 valence electrons. The smallest absolute Gasteiger partial charge is 0.101 e. The van der Waals surface area contributed by atoms with Gasteiger partial charge in [-0.2, -0.15) is 0 Å². The van der Waals surface area contributed by atoms with Gasteiger partial charge in [0.2, 0.25) is 0 Å². The molecule has 1 saturated carbocycles. The maximum atomic E-state index is 9.31. The molecule has 0 heterocycles. The Morgan fingerprint density at radius 3 is 1.89 bits per heavy atom. The van der Waals surface area contributed by atoms with E-state index in [1.807, 2.05) is 13.8 Å². The molecule has 1 aliphatic rings. The molecule has 4 atom stereocenters. The van der Waals surface area contributed by atoms with Crippen molar-refractivity contribution in [1.29, 1.82) is 0 Å². The van der Waals surface area contributed by atoms with Crippen molar-refractivity contribution in [3.05, 3.63) is 0 Å². The van der Waals surface area contributed by atoms with Gasteiger partial charge in [0.05, 0.1) is 6.10 Å². The van der Waals surface area contributed by atoms with Crippen LogP contribution in [0, 0.1) is 17.3 Å². The van der Waals surface area contributed by atoms with Crippen LogP contribution in [-0.2, 0) is 9.78 Å². The van der Waals surface area contributed by atoms with Crippen molar-refractivity contribution >= 4 is 0 Å². The Balaban J connectivity index is 2.75. The standard InChI is InChI=1S/C14H28O4/c1-10(12(3)17-15)11(2)13(18-16)14(4)8-6-5-7-9-14/h10-13,15-16H,5-9H2,1-4H3. The Labute approximate surface area is 110 Å². The van der Waals surface area contributed by atoms with Gasteiger partial charge in [0, 0.05) is 0 Å². The summed E-state index contributed by atoms with van der Waals surface area (Å²) in [5.41, 5.74) is 0.0237. The normalized spacial score (nSPS) is 26.3. The average Bonchev–Trinajstić information content (AvgIpc) is 2.38. The second kappa shape index (κ2) is 6.85. The summed E-state index contributed by atoms with van der Waals surface area (Å²) >= 11 is 0. The van der Waals surface area contributed by atoms with E-state index in [-0.39, 0.29) is 29.5 Å². The second-order valence-corrected chi connectivity index (χ2v) is 6.27. The Morgan fingerprint density at radius 2 is 1.44 bits per heavy atom. The number of hydrogen-bond acceptors (Lipinski definition) is 4. The van der Waals surface area contributed by atoms with Crippen LogP contribution in [0.25, 0.3) is 0 Å². The van der Waals surface area contributed by atoms with E-state index in [9.17, 15) is 5.26 Å². The van der Waals surface area contributed by atoms with Crippen molar-refractivity contribution in [3.63, 3.8) is 0 Å². The van der Waals surface area contributed by atoms with Crippen LogP contribution in [0.2, 0.25) is 0 Å². The zero-order valence-electron chi connectivity index (χ0n) is 12.1. The first-order valence-corrected chi connectivity index (χ1v) is 7.06. The fourth-order valence-electron chi connectivity index (χ4n) is 3.30. The number of rotatable bonds is 6. The maximum absolute atomic E-state index is 9.31. The molecule has 0 saturated heterocycles. The van der Waals surface area contributed by atoms with Crippen molar-refractivity contribution in [2.45, 2.75) is 72.0 Å². The van der Waals surface area contributed by atoms with Gasteiger partial charge >= 0.3 is 0 Å². The van der Waals surface area contributed by atoms with Crippen LogP contribution in [-0.4, -0.2) is 22.7 Å². The van der Waals surface area contributed by atoms with Gasteiger partial charge in [-0.25, -0.2) is 9.78 Å². The summed E-state index contributed by atoms with van der Waals surface area (Å²) in [6, 6.07) is 0. The van der Waals surface area contributed by atoms with Crippen molar-refractivity contribution in [3.8, 4) is 0 Å². The van der Waals surface area contributed by atoms with Crippen LogP contribution >= 0.6 is 0 Å². The number of hydrogen-bond donors (Lipinski definition) is 2. The summed E-state index contributed by atoms with van der Waals surface area (Å²) in [6.07, 6.45) is 5.38. The van der Waals surface area contributed by atoms with E-state index in [0.717, 1.165) is 12.8 Å². The first-order chi connectivity index (χ1) is 8.46. The lowest BCUT2D eigenvalue weighted by atomic mass is 9.66. The molecular formula is C14H28O4. The molecule has 1 fully saturated rings. The molecule has 0 aliphatic heterocycles. The molecule has 0 radical (unpaired) electrons. The minimum atomic E-state index is -0.259. The third kappa shape index (κ3) is 3.44. The SMILES string of the molecule is CC(OO)C(C)C(C)C(OO)C1(C)CCCCC1. The zero-order valence-corrected chi connectivity index (χ0v) is 12.1. The average molecular weight is 260 g/mol. The van der Waals surface area contributed by atoms with Gasteiger partial charge in [0.25, 0.3) is 0 Å². The highest BCUT2D eigenvalue weighted by atomic mass is 17.1. The summed E-state index contributed by atoms with van der Waals surface area (Å²) in [4.78, 5) is 9.24. The molecule has 0 aromatic heterocycles. The van der Waals surface area contributed by atoms with Gasteiger partial charge in [-0.15, -0.1) is 0 Å². The topological polar surface area (TPSA) is 58.9 Å². The van der Waals surface area contributed by atoms with Crippen molar-refractivity contribution in [1.82, 2.24) is 0 Å². The first-order valence-electron chi connectivity index (χ1n) is 7.06. The van der Waals surface area contributed by atoms with Gasteiger partial charge in [0.15, 0.2) is 0 Å². The van der Waals surface area contributed by atoms with Crippen molar-refractivity contribution in [2.75, 3.05) is 0 Å². The Hall–Kier alpha value is -0.160. The van der Waals surface area contributed by atoms with E-state index in [1.165, 1.54) is 19.3 Å². The maximum Gasteiger partial charge on any atom is 0.101 e. The van der Waals surface area contributed by atoms with Crippen molar-refractivity contribution < 1.29 is 20.3 Å². The van der Waals surface area contributed by atoms with Crippen molar-refractivity contribution in [2.24, 2.45) is 17.3 Å². The highest BCUT2D eigenvalue weighted by Crippen LogP contribution is 2.44. The van der Waals surface area contributed by atoms with E-state index in [4.69, 9.17) is 10.1 Å². The molecule has 4 heteroatoms. The summed E-state index contributed by atoms with van der Waals surface area (Å²) in [5.74, 6) is 0.242. The molecule has 0 spiro atoms. The lowest BCUT2D eigenvalue weighted by molar-refractivity contribution is -0.331. The molecule has 1 rings (SSSR count). The van der Waals surface area contributed by atoms with Gasteiger partial charge in [-0.05, 0) is 37.0 Å². The van der Waals surface area contributed by atoms with E-state index in [1.54, 1.807) is 0 Å². The summed E-state index contributed by atoms with van der Waals surface area (Å²) < 4.78 is 0. The van der Waals surface area contributed by atoms with Crippen LogP contribution in [0.3, 0.4) is 0 Å². The zero-order chi connectivity index (χ0) is 13.8.